The number of rotatable bonds is 5. The molecule has 0 aliphatic carbocycles. The molecule has 1 atom stereocenters. The lowest BCUT2D eigenvalue weighted by Crippen LogP contribution is -2.34. The summed E-state index contributed by atoms with van der Waals surface area (Å²) < 4.78 is 13.9. The second-order valence-corrected chi connectivity index (χ2v) is 6.36. The number of likely N-dealkylation sites (tertiary alicyclic amines) is 1. The molecule has 1 aliphatic rings. The number of carbonyl (C=O) groups is 1. The van der Waals surface area contributed by atoms with E-state index in [1.54, 1.807) is 12.1 Å². The Morgan fingerprint density at radius 3 is 2.79 bits per heavy atom. The van der Waals surface area contributed by atoms with Crippen molar-refractivity contribution >= 4 is 11.6 Å². The Morgan fingerprint density at radius 2 is 2.00 bits per heavy atom. The third kappa shape index (κ3) is 3.94. The van der Waals surface area contributed by atoms with Crippen molar-refractivity contribution < 1.29 is 9.18 Å². The average molecular weight is 326 g/mol. The molecule has 0 radical (unpaired) electrons. The minimum Gasteiger partial charge on any atom is -0.378 e. The molecule has 4 heteroatoms. The van der Waals surface area contributed by atoms with E-state index in [2.05, 4.69) is 5.32 Å². The van der Waals surface area contributed by atoms with Crippen molar-refractivity contribution in [2.75, 3.05) is 11.9 Å². The monoisotopic (exact) mass is 326 g/mol. The predicted octanol–water partition coefficient (Wildman–Crippen LogP) is 4.51. The first-order valence-corrected chi connectivity index (χ1v) is 8.51. The van der Waals surface area contributed by atoms with Crippen LogP contribution >= 0.6 is 0 Å². The molecule has 126 valence electrons. The highest BCUT2D eigenvalue weighted by atomic mass is 19.1. The summed E-state index contributed by atoms with van der Waals surface area (Å²) in [5.41, 5.74) is 2.68. The lowest BCUT2D eigenvalue weighted by atomic mass is 10.1. The van der Waals surface area contributed by atoms with Gasteiger partial charge in [0, 0.05) is 30.8 Å². The maximum absolute atomic E-state index is 13.9. The Bertz CT molecular complexity index is 716. The van der Waals surface area contributed by atoms with Crippen molar-refractivity contribution in [2.24, 2.45) is 0 Å². The fourth-order valence-electron chi connectivity index (χ4n) is 3.16. The van der Waals surface area contributed by atoms with Crippen molar-refractivity contribution in [1.29, 1.82) is 0 Å². The summed E-state index contributed by atoms with van der Waals surface area (Å²) in [6, 6.07) is 14.7. The first kappa shape index (κ1) is 16.5. The summed E-state index contributed by atoms with van der Waals surface area (Å²) in [6.45, 7) is 3.42. The van der Waals surface area contributed by atoms with Gasteiger partial charge in [0.15, 0.2) is 0 Å². The SMILES string of the molecule is C[C@H](Nc1cccc(CN2CCCCC2=O)c1)c1ccccc1F. The van der Waals surface area contributed by atoms with Crippen LogP contribution in [0.2, 0.25) is 0 Å². The quantitative estimate of drug-likeness (QED) is 0.876. The van der Waals surface area contributed by atoms with E-state index in [-0.39, 0.29) is 17.8 Å². The molecular formula is C20H23FN2O. The van der Waals surface area contributed by atoms with Gasteiger partial charge in [-0.1, -0.05) is 30.3 Å². The van der Waals surface area contributed by atoms with Gasteiger partial charge in [0.05, 0.1) is 6.04 Å². The van der Waals surface area contributed by atoms with Crippen LogP contribution < -0.4 is 5.32 Å². The van der Waals surface area contributed by atoms with E-state index in [4.69, 9.17) is 0 Å². The first-order chi connectivity index (χ1) is 11.6. The topological polar surface area (TPSA) is 32.3 Å². The average Bonchev–Trinajstić information content (AvgIpc) is 2.58. The van der Waals surface area contributed by atoms with E-state index in [1.165, 1.54) is 6.07 Å². The van der Waals surface area contributed by atoms with Crippen LogP contribution in [0.5, 0.6) is 0 Å². The highest BCUT2D eigenvalue weighted by Gasteiger charge is 2.18. The van der Waals surface area contributed by atoms with Crippen molar-refractivity contribution in [3.63, 3.8) is 0 Å². The van der Waals surface area contributed by atoms with Gasteiger partial charge in [-0.05, 0) is 43.5 Å². The van der Waals surface area contributed by atoms with E-state index in [9.17, 15) is 9.18 Å². The van der Waals surface area contributed by atoms with Gasteiger partial charge in [0.25, 0.3) is 0 Å². The Hall–Kier alpha value is -2.36. The van der Waals surface area contributed by atoms with Crippen LogP contribution in [0.3, 0.4) is 0 Å². The van der Waals surface area contributed by atoms with Gasteiger partial charge >= 0.3 is 0 Å². The standard InChI is InChI=1S/C20H23FN2O/c1-15(18-9-2-3-10-19(18)21)22-17-8-6-7-16(13-17)14-23-12-5-4-11-20(23)24/h2-3,6-10,13,15,22H,4-5,11-12,14H2,1H3/t15-/m0/s1. The zero-order valence-corrected chi connectivity index (χ0v) is 14.0. The van der Waals surface area contributed by atoms with Gasteiger partial charge in [-0.3, -0.25) is 4.79 Å². The molecule has 2 aromatic carbocycles. The maximum Gasteiger partial charge on any atom is 0.222 e. The number of anilines is 1. The molecule has 0 unspecified atom stereocenters. The minimum atomic E-state index is -0.201. The van der Waals surface area contributed by atoms with Gasteiger partial charge in [0.1, 0.15) is 5.82 Å². The highest BCUT2D eigenvalue weighted by Crippen LogP contribution is 2.23. The van der Waals surface area contributed by atoms with Crippen molar-refractivity contribution in [3.8, 4) is 0 Å². The predicted molar refractivity (Wildman–Crippen MR) is 94.1 cm³/mol. The maximum atomic E-state index is 13.9. The van der Waals surface area contributed by atoms with E-state index in [1.807, 2.05) is 42.2 Å². The molecule has 1 amide bonds. The van der Waals surface area contributed by atoms with E-state index in [0.717, 1.165) is 30.6 Å². The number of nitrogens with zero attached hydrogens (tertiary/aromatic N) is 1. The van der Waals surface area contributed by atoms with E-state index < -0.39 is 0 Å². The molecule has 1 aliphatic heterocycles. The largest absolute Gasteiger partial charge is 0.378 e. The van der Waals surface area contributed by atoms with Crippen molar-refractivity contribution in [2.45, 2.75) is 38.8 Å². The summed E-state index contributed by atoms with van der Waals surface area (Å²) in [4.78, 5) is 13.9. The van der Waals surface area contributed by atoms with Gasteiger partial charge in [-0.15, -0.1) is 0 Å². The number of hydrogen-bond acceptors (Lipinski definition) is 2. The molecule has 3 rings (SSSR count). The third-order valence-corrected chi connectivity index (χ3v) is 4.48. The summed E-state index contributed by atoms with van der Waals surface area (Å²) >= 11 is 0. The van der Waals surface area contributed by atoms with Gasteiger partial charge in [-0.2, -0.15) is 0 Å². The van der Waals surface area contributed by atoms with Crippen LogP contribution in [0.4, 0.5) is 10.1 Å². The molecule has 1 saturated heterocycles. The summed E-state index contributed by atoms with van der Waals surface area (Å²) in [5.74, 6) is 0.0342. The van der Waals surface area contributed by atoms with Crippen LogP contribution in [0, 0.1) is 5.82 Å². The molecule has 2 aromatic rings. The zero-order chi connectivity index (χ0) is 16.9. The Morgan fingerprint density at radius 1 is 1.17 bits per heavy atom. The summed E-state index contributed by atoms with van der Waals surface area (Å²) in [5, 5.41) is 3.34. The van der Waals surface area contributed by atoms with Crippen LogP contribution in [-0.2, 0) is 11.3 Å². The number of amides is 1. The van der Waals surface area contributed by atoms with Gasteiger partial charge < -0.3 is 10.2 Å². The molecule has 24 heavy (non-hydrogen) atoms. The number of benzene rings is 2. The fraction of sp³-hybridized carbons (Fsp3) is 0.350. The van der Waals surface area contributed by atoms with E-state index >= 15 is 0 Å². The number of halogens is 1. The second-order valence-electron chi connectivity index (χ2n) is 6.36. The van der Waals surface area contributed by atoms with Crippen LogP contribution in [0.25, 0.3) is 0 Å². The van der Waals surface area contributed by atoms with Crippen LogP contribution in [-0.4, -0.2) is 17.4 Å². The molecule has 0 saturated carbocycles. The minimum absolute atomic E-state index is 0.127. The number of hydrogen-bond donors (Lipinski definition) is 1. The highest BCUT2D eigenvalue weighted by molar-refractivity contribution is 5.76. The molecule has 0 aromatic heterocycles. The molecule has 1 fully saturated rings. The smallest absolute Gasteiger partial charge is 0.222 e. The Kier molecular flexibility index (Phi) is 5.14. The normalized spacial score (nSPS) is 16.1. The molecule has 3 nitrogen and oxygen atoms in total. The molecular weight excluding hydrogens is 303 g/mol. The lowest BCUT2D eigenvalue weighted by Gasteiger charge is -2.27. The number of carbonyl (C=O) groups excluding carboxylic acids is 1. The molecule has 0 bridgehead atoms. The van der Waals surface area contributed by atoms with Crippen molar-refractivity contribution in [1.82, 2.24) is 4.90 Å². The fourth-order valence-corrected chi connectivity index (χ4v) is 3.16. The third-order valence-electron chi connectivity index (χ3n) is 4.48. The summed E-state index contributed by atoms with van der Waals surface area (Å²) in [6.07, 6.45) is 2.73. The second kappa shape index (κ2) is 7.47. The first-order valence-electron chi connectivity index (χ1n) is 8.51. The number of piperidine rings is 1. The van der Waals surface area contributed by atoms with E-state index in [0.29, 0.717) is 18.5 Å². The van der Waals surface area contributed by atoms with Crippen molar-refractivity contribution in [3.05, 3.63) is 65.5 Å². The van der Waals surface area contributed by atoms with Gasteiger partial charge in [0.2, 0.25) is 5.91 Å². The molecule has 1 heterocycles. The molecule has 0 spiro atoms. The Labute approximate surface area is 142 Å². The Balaban J connectivity index is 1.69. The number of nitrogens with one attached hydrogen (secondary N) is 1. The molecule has 1 N–H and O–H groups in total. The van der Waals surface area contributed by atoms with Crippen LogP contribution in [0.15, 0.2) is 48.5 Å². The summed E-state index contributed by atoms with van der Waals surface area (Å²) in [7, 11) is 0. The zero-order valence-electron chi connectivity index (χ0n) is 14.0. The van der Waals surface area contributed by atoms with Gasteiger partial charge in [-0.25, -0.2) is 4.39 Å². The van der Waals surface area contributed by atoms with Crippen LogP contribution in [0.1, 0.15) is 43.4 Å². The lowest BCUT2D eigenvalue weighted by molar-refractivity contribution is -0.133.